The van der Waals surface area contributed by atoms with E-state index in [0.717, 1.165) is 16.7 Å². The Morgan fingerprint density at radius 2 is 2.00 bits per heavy atom. The van der Waals surface area contributed by atoms with E-state index in [1.54, 1.807) is 13.2 Å². The van der Waals surface area contributed by atoms with Gasteiger partial charge in [0.2, 0.25) is 0 Å². The first-order chi connectivity index (χ1) is 6.74. The molecule has 0 bridgehead atoms. The van der Waals surface area contributed by atoms with Crippen LogP contribution in [-0.4, -0.2) is 17.7 Å². The predicted octanol–water partition coefficient (Wildman–Crippen LogP) is 2.23. The third-order valence-corrected chi connectivity index (χ3v) is 2.53. The molecular formula is C12H13O2+. The minimum Gasteiger partial charge on any atom is -0.372 e. The van der Waals surface area contributed by atoms with Gasteiger partial charge in [0.25, 0.3) is 0 Å². The Morgan fingerprint density at radius 3 is 2.71 bits per heavy atom. The van der Waals surface area contributed by atoms with E-state index < -0.39 is 0 Å². The minimum absolute atomic E-state index is 0.0258. The summed E-state index contributed by atoms with van der Waals surface area (Å²) >= 11 is 0. The molecule has 0 saturated carbocycles. The quantitative estimate of drug-likeness (QED) is 0.623. The van der Waals surface area contributed by atoms with E-state index >= 15 is 0 Å². The van der Waals surface area contributed by atoms with Gasteiger partial charge in [-0.3, -0.25) is 4.79 Å². The molecule has 2 rings (SSSR count). The summed E-state index contributed by atoms with van der Waals surface area (Å²) in [7, 11) is 1.68. The smallest absolute Gasteiger partial charge is 0.347 e. The highest BCUT2D eigenvalue weighted by Gasteiger charge is 2.27. The third-order valence-electron chi connectivity index (χ3n) is 2.53. The predicted molar refractivity (Wildman–Crippen MR) is 56.0 cm³/mol. The molecule has 1 aliphatic carbocycles. The maximum atomic E-state index is 9.73. The highest BCUT2D eigenvalue weighted by molar-refractivity contribution is 6.08. The lowest BCUT2D eigenvalue weighted by Gasteiger charge is -2.20. The summed E-state index contributed by atoms with van der Waals surface area (Å²) in [6.45, 7) is 1.96. The molecule has 0 fully saturated rings. The van der Waals surface area contributed by atoms with Crippen molar-refractivity contribution in [2.75, 3.05) is 7.11 Å². The second kappa shape index (κ2) is 3.39. The number of carbonyl (C=O) groups excluding carboxylic acids is 1. The van der Waals surface area contributed by atoms with E-state index in [1.165, 1.54) is 0 Å². The van der Waals surface area contributed by atoms with Crippen LogP contribution in [0.15, 0.2) is 35.9 Å². The summed E-state index contributed by atoms with van der Waals surface area (Å²) in [4.78, 5) is 9.73. The van der Waals surface area contributed by atoms with Gasteiger partial charge < -0.3 is 4.74 Å². The van der Waals surface area contributed by atoms with Gasteiger partial charge in [0, 0.05) is 18.7 Å². The van der Waals surface area contributed by atoms with Crippen molar-refractivity contribution in [3.63, 3.8) is 0 Å². The van der Waals surface area contributed by atoms with Crippen LogP contribution in [0.1, 0.15) is 24.2 Å². The molecule has 2 nitrogen and oxygen atoms in total. The third kappa shape index (κ3) is 1.28. The Kier molecular flexibility index (Phi) is 2.22. The molecule has 0 heterocycles. The second-order valence-corrected chi connectivity index (χ2v) is 3.48. The molecule has 0 amide bonds. The molecule has 0 spiro atoms. The van der Waals surface area contributed by atoms with E-state index in [2.05, 4.69) is 0 Å². The topological polar surface area (TPSA) is 30.6 Å². The van der Waals surface area contributed by atoms with Gasteiger partial charge in [-0.1, -0.05) is 18.2 Å². The van der Waals surface area contributed by atoms with Gasteiger partial charge in [0.05, 0.1) is 5.56 Å². The number of fused-ring (bicyclic) bond motifs is 1. The van der Waals surface area contributed by atoms with Crippen LogP contribution in [0.25, 0.3) is 0 Å². The lowest BCUT2D eigenvalue weighted by atomic mass is 9.89. The first-order valence-corrected chi connectivity index (χ1v) is 4.60. The van der Waals surface area contributed by atoms with Crippen molar-refractivity contribution in [2.24, 2.45) is 0 Å². The fourth-order valence-electron chi connectivity index (χ4n) is 1.89. The van der Waals surface area contributed by atoms with Gasteiger partial charge in [0.15, 0.2) is 0 Å². The molecule has 1 unspecified atom stereocenters. The molecule has 0 radical (unpaired) electrons. The van der Waals surface area contributed by atoms with Gasteiger partial charge in [0.1, 0.15) is 6.10 Å². The first kappa shape index (κ1) is 9.16. The zero-order valence-corrected chi connectivity index (χ0v) is 8.32. The Hall–Kier alpha value is -1.41. The molecular weight excluding hydrogens is 176 g/mol. The average molecular weight is 189 g/mol. The molecule has 0 aliphatic heterocycles. The summed E-state index contributed by atoms with van der Waals surface area (Å²) in [5.41, 5.74) is 2.93. The van der Waals surface area contributed by atoms with Crippen LogP contribution in [0.5, 0.6) is 0 Å². The van der Waals surface area contributed by atoms with Crippen molar-refractivity contribution in [2.45, 2.75) is 13.0 Å². The highest BCUT2D eigenvalue weighted by Crippen LogP contribution is 2.31. The second-order valence-electron chi connectivity index (χ2n) is 3.48. The maximum absolute atomic E-state index is 9.73. The number of methoxy groups -OCH3 is 1. The fourth-order valence-corrected chi connectivity index (χ4v) is 1.89. The van der Waals surface area contributed by atoms with E-state index in [4.69, 9.17) is 4.74 Å². The van der Waals surface area contributed by atoms with Crippen LogP contribution >= 0.6 is 0 Å². The van der Waals surface area contributed by atoms with Crippen LogP contribution < -0.4 is 0 Å². The van der Waals surface area contributed by atoms with Crippen LogP contribution in [-0.2, 0) is 4.74 Å². The summed E-state index contributed by atoms with van der Waals surface area (Å²) in [5, 5.41) is 0. The van der Waals surface area contributed by atoms with Gasteiger partial charge in [-0.15, -0.1) is 0 Å². The monoisotopic (exact) mass is 189 g/mol. The average Bonchev–Trinajstić information content (AvgIpc) is 2.18. The van der Waals surface area contributed by atoms with Crippen molar-refractivity contribution in [3.8, 4) is 0 Å². The molecule has 1 aromatic rings. The Balaban J connectivity index is 2.58. The zero-order valence-electron chi connectivity index (χ0n) is 8.32. The van der Waals surface area contributed by atoms with Crippen molar-refractivity contribution < 1.29 is 9.53 Å². The van der Waals surface area contributed by atoms with Crippen LogP contribution in [0, 0.1) is 0 Å². The molecule has 1 N–H and O–H groups in total. The normalized spacial score (nSPS) is 20.3. The number of ketones is 1. The number of rotatable bonds is 1. The standard InChI is InChI=1S/C12H12O2/c1-8-7-11(13)9-5-3-4-6-10(9)12(8)14-2/h3-7,12H,1-2H3/p+1. The largest absolute Gasteiger partial charge is 0.372 e. The van der Waals surface area contributed by atoms with Crippen LogP contribution in [0.4, 0.5) is 0 Å². The number of ether oxygens (including phenoxy) is 1. The van der Waals surface area contributed by atoms with Crippen molar-refractivity contribution in [3.05, 3.63) is 47.0 Å². The summed E-state index contributed by atoms with van der Waals surface area (Å²) in [6.07, 6.45) is 1.73. The van der Waals surface area contributed by atoms with Crippen molar-refractivity contribution in [1.29, 1.82) is 0 Å². The zero-order chi connectivity index (χ0) is 10.1. The number of benzene rings is 1. The number of hydrogen-bond acceptors (Lipinski definition) is 1. The van der Waals surface area contributed by atoms with Crippen molar-refractivity contribution >= 4 is 5.78 Å². The molecule has 0 saturated heterocycles. The molecule has 72 valence electrons. The lowest BCUT2D eigenvalue weighted by molar-refractivity contribution is 0.132. The maximum Gasteiger partial charge on any atom is 0.347 e. The Morgan fingerprint density at radius 1 is 1.29 bits per heavy atom. The summed E-state index contributed by atoms with van der Waals surface area (Å²) < 4.78 is 5.39. The van der Waals surface area contributed by atoms with Gasteiger partial charge in [-0.25, -0.2) is 0 Å². The minimum atomic E-state index is -0.0258. The Bertz CT molecular complexity index is 405. The number of allylic oxidation sites excluding steroid dienone is 1. The molecule has 0 aromatic heterocycles. The SMILES string of the molecule is COC1C(C)=CC(=[OH+])c2ccccc21. The van der Waals surface area contributed by atoms with Crippen LogP contribution in [0.2, 0.25) is 0 Å². The fraction of sp³-hybridized carbons (Fsp3) is 0.250. The van der Waals surface area contributed by atoms with E-state index in [1.807, 2.05) is 31.2 Å². The van der Waals surface area contributed by atoms with Gasteiger partial charge in [-0.05, 0) is 18.6 Å². The van der Waals surface area contributed by atoms with Crippen molar-refractivity contribution in [1.82, 2.24) is 0 Å². The summed E-state index contributed by atoms with van der Waals surface area (Å²) in [5.74, 6) is 0.325. The molecule has 2 heteroatoms. The lowest BCUT2D eigenvalue weighted by Crippen LogP contribution is -2.15. The van der Waals surface area contributed by atoms with E-state index in [9.17, 15) is 4.79 Å². The molecule has 14 heavy (non-hydrogen) atoms. The molecule has 1 aromatic carbocycles. The number of hydrogen-bond donors (Lipinski definition) is 0. The van der Waals surface area contributed by atoms with E-state index in [0.29, 0.717) is 5.78 Å². The highest BCUT2D eigenvalue weighted by atomic mass is 16.5. The first-order valence-electron chi connectivity index (χ1n) is 4.60. The molecule has 1 atom stereocenters. The van der Waals surface area contributed by atoms with Gasteiger partial charge >= 0.3 is 5.78 Å². The van der Waals surface area contributed by atoms with E-state index in [-0.39, 0.29) is 6.10 Å². The summed E-state index contributed by atoms with van der Waals surface area (Å²) in [6, 6.07) is 7.75. The van der Waals surface area contributed by atoms with Gasteiger partial charge in [-0.2, -0.15) is 0 Å². The van der Waals surface area contributed by atoms with Crippen LogP contribution in [0.3, 0.4) is 0 Å². The molecule has 1 aliphatic rings. The Labute approximate surface area is 83.2 Å².